The molecule has 0 radical (unpaired) electrons. The quantitative estimate of drug-likeness (QED) is 0.924. The van der Waals surface area contributed by atoms with E-state index >= 15 is 0 Å². The highest BCUT2D eigenvalue weighted by Crippen LogP contribution is 2.19. The molecule has 1 atom stereocenters. The lowest BCUT2D eigenvalue weighted by Gasteiger charge is -2.15. The maximum Gasteiger partial charge on any atom is 0.255 e. The predicted molar refractivity (Wildman–Crippen MR) is 86.2 cm³/mol. The summed E-state index contributed by atoms with van der Waals surface area (Å²) < 4.78 is 7.15. The molecular weight excluding hydrogens is 278 g/mol. The number of carbonyl (C=O) groups is 1. The van der Waals surface area contributed by atoms with E-state index in [0.717, 1.165) is 22.7 Å². The molecule has 1 amide bonds. The highest BCUT2D eigenvalue weighted by molar-refractivity contribution is 5.96. The van der Waals surface area contributed by atoms with E-state index in [0.29, 0.717) is 12.2 Å². The highest BCUT2D eigenvalue weighted by Gasteiger charge is 2.19. The first-order chi connectivity index (χ1) is 10.4. The van der Waals surface area contributed by atoms with E-state index in [9.17, 15) is 4.79 Å². The van der Waals surface area contributed by atoms with Crippen LogP contribution < -0.4 is 10.1 Å². The van der Waals surface area contributed by atoms with Crippen molar-refractivity contribution in [2.45, 2.75) is 33.7 Å². The Kier molecular flexibility index (Phi) is 4.85. The SMILES string of the molecule is CCOc1ccc(C(C)NC(=O)c2c(C)nn(C)c2C)cc1. The van der Waals surface area contributed by atoms with Crippen molar-refractivity contribution in [3.63, 3.8) is 0 Å². The lowest BCUT2D eigenvalue weighted by atomic mass is 10.1. The van der Waals surface area contributed by atoms with E-state index < -0.39 is 0 Å². The van der Waals surface area contributed by atoms with Crippen molar-refractivity contribution in [1.29, 1.82) is 0 Å². The average molecular weight is 301 g/mol. The van der Waals surface area contributed by atoms with Crippen LogP contribution in [0, 0.1) is 13.8 Å². The van der Waals surface area contributed by atoms with Gasteiger partial charge in [0.2, 0.25) is 0 Å². The van der Waals surface area contributed by atoms with E-state index in [1.54, 1.807) is 4.68 Å². The van der Waals surface area contributed by atoms with Crippen molar-refractivity contribution >= 4 is 5.91 Å². The Morgan fingerprint density at radius 1 is 1.32 bits per heavy atom. The Hall–Kier alpha value is -2.30. The summed E-state index contributed by atoms with van der Waals surface area (Å²) in [5, 5.41) is 7.31. The summed E-state index contributed by atoms with van der Waals surface area (Å²) in [6.45, 7) is 8.31. The molecule has 0 saturated heterocycles. The molecule has 0 aliphatic carbocycles. The van der Waals surface area contributed by atoms with Gasteiger partial charge >= 0.3 is 0 Å². The van der Waals surface area contributed by atoms with Crippen LogP contribution in [0.3, 0.4) is 0 Å². The molecule has 22 heavy (non-hydrogen) atoms. The summed E-state index contributed by atoms with van der Waals surface area (Å²) in [4.78, 5) is 12.5. The molecule has 2 aromatic rings. The average Bonchev–Trinajstić information content (AvgIpc) is 2.73. The number of amides is 1. The number of hydrogen-bond acceptors (Lipinski definition) is 3. The number of rotatable bonds is 5. The first kappa shape index (κ1) is 16.1. The van der Waals surface area contributed by atoms with Crippen LogP contribution in [0.25, 0.3) is 0 Å². The van der Waals surface area contributed by atoms with Gasteiger partial charge in [-0.25, -0.2) is 0 Å². The third-order valence-corrected chi connectivity index (χ3v) is 3.77. The van der Waals surface area contributed by atoms with Crippen LogP contribution >= 0.6 is 0 Å². The van der Waals surface area contributed by atoms with Gasteiger partial charge in [0, 0.05) is 12.7 Å². The fourth-order valence-electron chi connectivity index (χ4n) is 2.47. The number of nitrogens with zero attached hydrogens (tertiary/aromatic N) is 2. The molecule has 1 aromatic heterocycles. The maximum absolute atomic E-state index is 12.5. The summed E-state index contributed by atoms with van der Waals surface area (Å²) in [6, 6.07) is 7.70. The molecule has 0 bridgehead atoms. The molecule has 2 rings (SSSR count). The number of aryl methyl sites for hydroxylation is 2. The number of carbonyl (C=O) groups excluding carboxylic acids is 1. The Labute approximate surface area is 131 Å². The van der Waals surface area contributed by atoms with Gasteiger partial charge in [0.05, 0.1) is 23.9 Å². The van der Waals surface area contributed by atoms with Gasteiger partial charge in [-0.1, -0.05) is 12.1 Å². The second-order valence-corrected chi connectivity index (χ2v) is 5.37. The van der Waals surface area contributed by atoms with Crippen molar-refractivity contribution in [2.75, 3.05) is 6.61 Å². The molecule has 0 fully saturated rings. The highest BCUT2D eigenvalue weighted by atomic mass is 16.5. The van der Waals surface area contributed by atoms with Crippen molar-refractivity contribution in [2.24, 2.45) is 7.05 Å². The normalized spacial score (nSPS) is 12.0. The van der Waals surface area contributed by atoms with Gasteiger partial charge in [-0.2, -0.15) is 5.10 Å². The van der Waals surface area contributed by atoms with E-state index in [4.69, 9.17) is 4.74 Å². The lowest BCUT2D eigenvalue weighted by Crippen LogP contribution is -2.27. The second-order valence-electron chi connectivity index (χ2n) is 5.37. The number of ether oxygens (including phenoxy) is 1. The van der Waals surface area contributed by atoms with Crippen LogP contribution in [-0.4, -0.2) is 22.3 Å². The molecule has 0 spiro atoms. The van der Waals surface area contributed by atoms with Crippen LogP contribution in [0.2, 0.25) is 0 Å². The van der Waals surface area contributed by atoms with Crippen molar-refractivity contribution in [3.05, 3.63) is 46.8 Å². The number of hydrogen-bond donors (Lipinski definition) is 1. The van der Waals surface area contributed by atoms with E-state index in [2.05, 4.69) is 10.4 Å². The molecule has 5 nitrogen and oxygen atoms in total. The van der Waals surface area contributed by atoms with Gasteiger partial charge in [0.15, 0.2) is 0 Å². The van der Waals surface area contributed by atoms with Crippen molar-refractivity contribution in [3.8, 4) is 5.75 Å². The van der Waals surface area contributed by atoms with Gasteiger partial charge in [-0.05, 0) is 45.4 Å². The first-order valence-electron chi connectivity index (χ1n) is 7.47. The molecule has 1 N–H and O–H groups in total. The summed E-state index contributed by atoms with van der Waals surface area (Å²) >= 11 is 0. The minimum Gasteiger partial charge on any atom is -0.494 e. The monoisotopic (exact) mass is 301 g/mol. The topological polar surface area (TPSA) is 56.1 Å². The number of benzene rings is 1. The minimum absolute atomic E-state index is 0.0813. The molecule has 0 aliphatic rings. The molecule has 118 valence electrons. The maximum atomic E-state index is 12.5. The third-order valence-electron chi connectivity index (χ3n) is 3.77. The Bertz CT molecular complexity index is 659. The third kappa shape index (κ3) is 3.30. The predicted octanol–water partition coefficient (Wildman–Crippen LogP) is 2.93. The minimum atomic E-state index is -0.0931. The molecule has 1 aromatic carbocycles. The van der Waals surface area contributed by atoms with Crippen molar-refractivity contribution in [1.82, 2.24) is 15.1 Å². The zero-order chi connectivity index (χ0) is 16.3. The van der Waals surface area contributed by atoms with Crippen LogP contribution in [0.1, 0.15) is 47.2 Å². The molecule has 1 unspecified atom stereocenters. The van der Waals surface area contributed by atoms with Gasteiger partial charge < -0.3 is 10.1 Å². The molecule has 0 saturated carbocycles. The van der Waals surface area contributed by atoms with Gasteiger partial charge in [0.1, 0.15) is 5.75 Å². The summed E-state index contributed by atoms with van der Waals surface area (Å²) in [7, 11) is 1.84. The zero-order valence-electron chi connectivity index (χ0n) is 13.8. The molecular formula is C17H23N3O2. The van der Waals surface area contributed by atoms with Crippen LogP contribution in [-0.2, 0) is 7.05 Å². The molecule has 0 aliphatic heterocycles. The Morgan fingerprint density at radius 2 is 1.95 bits per heavy atom. The Balaban J connectivity index is 2.10. The standard InChI is InChI=1S/C17H23N3O2/c1-6-22-15-9-7-14(8-10-15)11(2)18-17(21)16-12(3)19-20(5)13(16)4/h7-11H,6H2,1-5H3,(H,18,21). The van der Waals surface area contributed by atoms with Crippen LogP contribution in [0.15, 0.2) is 24.3 Å². The first-order valence-corrected chi connectivity index (χ1v) is 7.47. The lowest BCUT2D eigenvalue weighted by molar-refractivity contribution is 0.0938. The fourth-order valence-corrected chi connectivity index (χ4v) is 2.47. The molecule has 5 heteroatoms. The van der Waals surface area contributed by atoms with E-state index in [1.807, 2.05) is 59.0 Å². The van der Waals surface area contributed by atoms with Crippen LogP contribution in [0.5, 0.6) is 5.75 Å². The van der Waals surface area contributed by atoms with E-state index in [1.165, 1.54) is 0 Å². The summed E-state index contributed by atoms with van der Waals surface area (Å²) in [6.07, 6.45) is 0. The number of aromatic nitrogens is 2. The van der Waals surface area contributed by atoms with Gasteiger partial charge in [0.25, 0.3) is 5.91 Å². The smallest absolute Gasteiger partial charge is 0.255 e. The van der Waals surface area contributed by atoms with Gasteiger partial charge in [-0.3, -0.25) is 9.48 Å². The largest absolute Gasteiger partial charge is 0.494 e. The molecule has 1 heterocycles. The Morgan fingerprint density at radius 3 is 2.45 bits per heavy atom. The second kappa shape index (κ2) is 6.64. The number of nitrogens with one attached hydrogen (secondary N) is 1. The van der Waals surface area contributed by atoms with E-state index in [-0.39, 0.29) is 11.9 Å². The summed E-state index contributed by atoms with van der Waals surface area (Å²) in [5.41, 5.74) is 3.31. The summed E-state index contributed by atoms with van der Waals surface area (Å²) in [5.74, 6) is 0.744. The zero-order valence-corrected chi connectivity index (χ0v) is 13.8. The van der Waals surface area contributed by atoms with Crippen LogP contribution in [0.4, 0.5) is 0 Å². The van der Waals surface area contributed by atoms with Gasteiger partial charge in [-0.15, -0.1) is 0 Å². The van der Waals surface area contributed by atoms with Crippen molar-refractivity contribution < 1.29 is 9.53 Å². The fraction of sp³-hybridized carbons (Fsp3) is 0.412.